The van der Waals surface area contributed by atoms with Crippen molar-refractivity contribution in [2.45, 2.75) is 25.7 Å². The van der Waals surface area contributed by atoms with E-state index in [2.05, 4.69) is 15.4 Å². The molecule has 0 radical (unpaired) electrons. The fraction of sp³-hybridized carbons (Fsp3) is 0.286. The number of nitrogen functional groups attached to an aromatic ring is 1. The Balaban J connectivity index is 1.99. The van der Waals surface area contributed by atoms with Gasteiger partial charge in [-0.3, -0.25) is 0 Å². The van der Waals surface area contributed by atoms with Gasteiger partial charge < -0.3 is 5.43 Å². The third kappa shape index (κ3) is 2.46. The number of benzene rings is 1. The van der Waals surface area contributed by atoms with Gasteiger partial charge in [0, 0.05) is 27.7 Å². The Morgan fingerprint density at radius 1 is 1.15 bits per heavy atom. The highest BCUT2D eigenvalue weighted by molar-refractivity contribution is 6.36. The summed E-state index contributed by atoms with van der Waals surface area (Å²) in [6.07, 6.45) is 3.53. The molecule has 0 fully saturated rings. The first-order valence-corrected chi connectivity index (χ1v) is 7.23. The molecular formula is C14H14Cl2N4. The van der Waals surface area contributed by atoms with E-state index in [9.17, 15) is 0 Å². The van der Waals surface area contributed by atoms with Crippen LogP contribution in [-0.4, -0.2) is 9.97 Å². The molecule has 3 N–H and O–H groups in total. The highest BCUT2D eigenvalue weighted by atomic mass is 35.5. The fourth-order valence-corrected chi connectivity index (χ4v) is 3.07. The van der Waals surface area contributed by atoms with E-state index in [0.29, 0.717) is 28.1 Å². The van der Waals surface area contributed by atoms with Crippen molar-refractivity contribution in [2.75, 3.05) is 5.43 Å². The number of hydrogen-bond donors (Lipinski definition) is 2. The zero-order chi connectivity index (χ0) is 14.1. The molecule has 1 aromatic carbocycles. The minimum Gasteiger partial charge on any atom is -0.308 e. The monoisotopic (exact) mass is 308 g/mol. The molecule has 4 nitrogen and oxygen atoms in total. The van der Waals surface area contributed by atoms with E-state index in [1.165, 1.54) is 0 Å². The van der Waals surface area contributed by atoms with Crippen LogP contribution >= 0.6 is 23.2 Å². The lowest BCUT2D eigenvalue weighted by Crippen LogP contribution is -2.14. The van der Waals surface area contributed by atoms with Gasteiger partial charge in [-0.2, -0.15) is 0 Å². The minimum atomic E-state index is 0.500. The molecule has 104 valence electrons. The molecule has 2 aromatic rings. The number of rotatable bonds is 3. The lowest BCUT2D eigenvalue weighted by atomic mass is 10.1. The molecule has 0 atom stereocenters. The van der Waals surface area contributed by atoms with Crippen LogP contribution in [0.5, 0.6) is 0 Å². The summed E-state index contributed by atoms with van der Waals surface area (Å²) in [5.74, 6) is 6.95. The van der Waals surface area contributed by atoms with Crippen molar-refractivity contribution in [1.29, 1.82) is 0 Å². The number of nitrogens with one attached hydrogen (secondary N) is 1. The molecule has 20 heavy (non-hydrogen) atoms. The van der Waals surface area contributed by atoms with Crippen LogP contribution in [0.15, 0.2) is 18.2 Å². The molecule has 0 saturated carbocycles. The topological polar surface area (TPSA) is 63.8 Å². The second-order valence-corrected chi connectivity index (χ2v) is 5.60. The highest BCUT2D eigenvalue weighted by Gasteiger charge is 2.19. The van der Waals surface area contributed by atoms with Crippen LogP contribution in [0.1, 0.15) is 29.1 Å². The smallest absolute Gasteiger partial charge is 0.147 e. The van der Waals surface area contributed by atoms with E-state index < -0.39 is 0 Å². The standard InChI is InChI=1S/C14H14Cl2N4/c15-10-4-2-5-11(16)9(10)7-13-18-12-6-1-3-8(12)14(19-13)20-17/h2,4-5H,1,3,6-7,17H2,(H,18,19,20). The van der Waals surface area contributed by atoms with Crippen molar-refractivity contribution in [3.63, 3.8) is 0 Å². The number of nitrogens with two attached hydrogens (primary N) is 1. The Hall–Kier alpha value is -1.36. The number of hydrogen-bond acceptors (Lipinski definition) is 4. The van der Waals surface area contributed by atoms with Crippen LogP contribution in [0.2, 0.25) is 10.0 Å². The fourth-order valence-electron chi connectivity index (χ4n) is 2.54. The average molecular weight is 309 g/mol. The summed E-state index contributed by atoms with van der Waals surface area (Å²) in [6.45, 7) is 0. The van der Waals surface area contributed by atoms with Crippen LogP contribution in [0, 0.1) is 0 Å². The average Bonchev–Trinajstić information content (AvgIpc) is 2.90. The summed E-state index contributed by atoms with van der Waals surface area (Å²) in [6, 6.07) is 5.46. The van der Waals surface area contributed by atoms with Crippen molar-refractivity contribution in [3.05, 3.63) is 50.9 Å². The quantitative estimate of drug-likeness (QED) is 0.675. The van der Waals surface area contributed by atoms with E-state index in [1.807, 2.05) is 18.2 Å². The van der Waals surface area contributed by atoms with Gasteiger partial charge in [-0.05, 0) is 37.0 Å². The van der Waals surface area contributed by atoms with Gasteiger partial charge in [0.15, 0.2) is 0 Å². The molecule has 3 rings (SSSR count). The number of anilines is 1. The van der Waals surface area contributed by atoms with Gasteiger partial charge in [-0.1, -0.05) is 29.3 Å². The largest absolute Gasteiger partial charge is 0.308 e. The zero-order valence-electron chi connectivity index (χ0n) is 10.8. The van der Waals surface area contributed by atoms with Crippen molar-refractivity contribution in [2.24, 2.45) is 5.84 Å². The Morgan fingerprint density at radius 3 is 2.60 bits per heavy atom. The number of aryl methyl sites for hydroxylation is 1. The Morgan fingerprint density at radius 2 is 1.90 bits per heavy atom. The Bertz CT molecular complexity index is 638. The zero-order valence-corrected chi connectivity index (χ0v) is 12.3. The Kier molecular flexibility index (Phi) is 3.78. The lowest BCUT2D eigenvalue weighted by Gasteiger charge is -2.10. The van der Waals surface area contributed by atoms with E-state index in [4.69, 9.17) is 29.0 Å². The second-order valence-electron chi connectivity index (χ2n) is 4.79. The van der Waals surface area contributed by atoms with Gasteiger partial charge in [0.2, 0.25) is 0 Å². The van der Waals surface area contributed by atoms with E-state index in [1.54, 1.807) is 0 Å². The van der Waals surface area contributed by atoms with Gasteiger partial charge in [0.25, 0.3) is 0 Å². The maximum absolute atomic E-state index is 6.19. The SMILES string of the molecule is NNc1nc(Cc2c(Cl)cccc2Cl)nc2c1CCC2. The third-order valence-corrected chi connectivity index (χ3v) is 4.22. The number of nitrogens with zero attached hydrogens (tertiary/aromatic N) is 2. The lowest BCUT2D eigenvalue weighted by molar-refractivity contribution is 0.885. The molecule has 0 amide bonds. The first-order chi connectivity index (χ1) is 9.69. The van der Waals surface area contributed by atoms with Crippen LogP contribution in [-0.2, 0) is 19.3 Å². The Labute approximate surface area is 127 Å². The molecular weight excluding hydrogens is 295 g/mol. The van der Waals surface area contributed by atoms with E-state index in [-0.39, 0.29) is 0 Å². The van der Waals surface area contributed by atoms with Crippen LogP contribution < -0.4 is 11.3 Å². The van der Waals surface area contributed by atoms with Crippen LogP contribution in [0.3, 0.4) is 0 Å². The maximum Gasteiger partial charge on any atom is 0.147 e. The summed E-state index contributed by atoms with van der Waals surface area (Å²) in [5.41, 5.74) is 5.71. The molecule has 1 aliphatic carbocycles. The van der Waals surface area contributed by atoms with Crippen molar-refractivity contribution in [3.8, 4) is 0 Å². The molecule has 0 spiro atoms. The number of hydrazine groups is 1. The van der Waals surface area contributed by atoms with Gasteiger partial charge in [-0.15, -0.1) is 0 Å². The van der Waals surface area contributed by atoms with Gasteiger partial charge >= 0.3 is 0 Å². The van der Waals surface area contributed by atoms with Crippen LogP contribution in [0.4, 0.5) is 5.82 Å². The van der Waals surface area contributed by atoms with Crippen LogP contribution in [0.25, 0.3) is 0 Å². The number of halogens is 2. The molecule has 0 bridgehead atoms. The molecule has 1 heterocycles. The summed E-state index contributed by atoms with van der Waals surface area (Å²) < 4.78 is 0. The highest BCUT2D eigenvalue weighted by Crippen LogP contribution is 2.29. The van der Waals surface area contributed by atoms with Crippen molar-refractivity contribution in [1.82, 2.24) is 9.97 Å². The maximum atomic E-state index is 6.19. The van der Waals surface area contributed by atoms with Gasteiger partial charge in [0.1, 0.15) is 11.6 Å². The minimum absolute atomic E-state index is 0.500. The summed E-state index contributed by atoms with van der Waals surface area (Å²) >= 11 is 12.4. The second kappa shape index (κ2) is 5.56. The molecule has 1 aliphatic rings. The first-order valence-electron chi connectivity index (χ1n) is 6.47. The predicted molar refractivity (Wildman–Crippen MR) is 81.1 cm³/mol. The number of aromatic nitrogens is 2. The summed E-state index contributed by atoms with van der Waals surface area (Å²) in [7, 11) is 0. The molecule has 0 saturated heterocycles. The first kappa shape index (κ1) is 13.6. The summed E-state index contributed by atoms with van der Waals surface area (Å²) in [5, 5.41) is 1.26. The predicted octanol–water partition coefficient (Wildman–Crippen LogP) is 3.15. The van der Waals surface area contributed by atoms with Gasteiger partial charge in [0.05, 0.1) is 0 Å². The van der Waals surface area contributed by atoms with Crippen molar-refractivity contribution < 1.29 is 0 Å². The molecule has 0 aliphatic heterocycles. The normalized spacial score (nSPS) is 13.3. The van der Waals surface area contributed by atoms with Gasteiger partial charge in [-0.25, -0.2) is 15.8 Å². The molecule has 6 heteroatoms. The molecule has 1 aromatic heterocycles. The third-order valence-electron chi connectivity index (χ3n) is 3.51. The summed E-state index contributed by atoms with van der Waals surface area (Å²) in [4.78, 5) is 9.09. The van der Waals surface area contributed by atoms with Crippen molar-refractivity contribution >= 4 is 29.0 Å². The van der Waals surface area contributed by atoms with E-state index in [0.717, 1.165) is 36.1 Å². The number of fused-ring (bicyclic) bond motifs is 1. The van der Waals surface area contributed by atoms with E-state index >= 15 is 0 Å². The molecule has 0 unspecified atom stereocenters.